The van der Waals surface area contributed by atoms with E-state index in [2.05, 4.69) is 26.6 Å². The number of amides is 2. The number of urea groups is 1. The summed E-state index contributed by atoms with van der Waals surface area (Å²) in [5.41, 5.74) is 0.0626. The van der Waals surface area contributed by atoms with Crippen LogP contribution >= 0.6 is 15.9 Å². The number of anilines is 2. The molecule has 0 fully saturated rings. The summed E-state index contributed by atoms with van der Waals surface area (Å²) < 4.78 is 37.9. The van der Waals surface area contributed by atoms with Gasteiger partial charge >= 0.3 is 12.2 Å². The second-order valence-electron chi connectivity index (χ2n) is 4.79. The van der Waals surface area contributed by atoms with Crippen LogP contribution in [0.1, 0.15) is 15.9 Å². The van der Waals surface area contributed by atoms with Gasteiger partial charge in [0.05, 0.1) is 10.9 Å². The van der Waals surface area contributed by atoms with Crippen LogP contribution < -0.4 is 10.6 Å². The molecule has 0 aliphatic heterocycles. The van der Waals surface area contributed by atoms with E-state index < -0.39 is 17.8 Å². The molecule has 24 heavy (non-hydrogen) atoms. The Balaban J connectivity index is 2.02. The maximum atomic E-state index is 12.6. The molecule has 0 spiro atoms. The Morgan fingerprint density at radius 3 is 2.17 bits per heavy atom. The van der Waals surface area contributed by atoms with E-state index in [1.165, 1.54) is 24.3 Å². The number of hydrogen-bond donors (Lipinski definition) is 2. The average molecular weight is 401 g/mol. The molecular weight excluding hydrogens is 389 g/mol. The van der Waals surface area contributed by atoms with Crippen molar-refractivity contribution in [2.45, 2.75) is 6.18 Å². The molecule has 0 saturated heterocycles. The molecular formula is C16H12BrF3N2O2. The highest BCUT2D eigenvalue weighted by Crippen LogP contribution is 2.30. The Labute approximate surface area is 144 Å². The van der Waals surface area contributed by atoms with Gasteiger partial charge in [-0.1, -0.05) is 22.0 Å². The number of ketones is 1. The van der Waals surface area contributed by atoms with Crippen molar-refractivity contribution in [2.75, 3.05) is 16.0 Å². The van der Waals surface area contributed by atoms with Gasteiger partial charge in [0.2, 0.25) is 0 Å². The number of rotatable bonds is 4. The van der Waals surface area contributed by atoms with Crippen LogP contribution in [0.4, 0.5) is 29.3 Å². The molecule has 2 N–H and O–H groups in total. The number of carbonyl (C=O) groups is 2. The van der Waals surface area contributed by atoms with E-state index in [9.17, 15) is 22.8 Å². The Morgan fingerprint density at radius 1 is 0.958 bits per heavy atom. The van der Waals surface area contributed by atoms with Crippen molar-refractivity contribution >= 4 is 39.1 Å². The van der Waals surface area contributed by atoms with Crippen LogP contribution in [0.2, 0.25) is 0 Å². The molecule has 2 aromatic rings. The molecule has 8 heteroatoms. The first-order valence-electron chi connectivity index (χ1n) is 6.74. The number of benzene rings is 2. The first kappa shape index (κ1) is 18.0. The molecule has 0 saturated carbocycles. The first-order valence-corrected chi connectivity index (χ1v) is 7.86. The van der Waals surface area contributed by atoms with Crippen molar-refractivity contribution in [2.24, 2.45) is 0 Å². The fourth-order valence-corrected chi connectivity index (χ4v) is 2.21. The molecule has 0 bridgehead atoms. The van der Waals surface area contributed by atoms with Crippen molar-refractivity contribution in [1.82, 2.24) is 0 Å². The minimum atomic E-state index is -4.48. The van der Waals surface area contributed by atoms with E-state index in [0.29, 0.717) is 11.3 Å². The molecule has 0 aliphatic rings. The highest BCUT2D eigenvalue weighted by molar-refractivity contribution is 9.09. The zero-order valence-electron chi connectivity index (χ0n) is 12.2. The monoisotopic (exact) mass is 400 g/mol. The van der Waals surface area contributed by atoms with Gasteiger partial charge < -0.3 is 10.6 Å². The first-order chi connectivity index (χ1) is 11.3. The summed E-state index contributed by atoms with van der Waals surface area (Å²) in [7, 11) is 0. The molecule has 4 nitrogen and oxygen atoms in total. The van der Waals surface area contributed by atoms with E-state index >= 15 is 0 Å². The number of nitrogens with one attached hydrogen (secondary N) is 2. The summed E-state index contributed by atoms with van der Waals surface area (Å²) in [6.45, 7) is 0. The number of carbonyl (C=O) groups excluding carboxylic acids is 2. The summed E-state index contributed by atoms with van der Waals surface area (Å²) >= 11 is 3.06. The zero-order chi connectivity index (χ0) is 17.7. The maximum Gasteiger partial charge on any atom is 0.416 e. The summed E-state index contributed by atoms with van der Waals surface area (Å²) in [5, 5.41) is 5.00. The van der Waals surface area contributed by atoms with Gasteiger partial charge in [-0.15, -0.1) is 0 Å². The summed E-state index contributed by atoms with van der Waals surface area (Å²) in [5.74, 6) is -0.102. The second-order valence-corrected chi connectivity index (χ2v) is 5.35. The SMILES string of the molecule is O=C(Nc1ccc(C(=O)CBr)cc1)Nc1cccc(C(F)(F)F)c1. The van der Waals surface area contributed by atoms with Crippen molar-refractivity contribution in [3.05, 3.63) is 59.7 Å². The average Bonchev–Trinajstić information content (AvgIpc) is 2.54. The van der Waals surface area contributed by atoms with E-state index in [-0.39, 0.29) is 16.8 Å². The van der Waals surface area contributed by atoms with Gasteiger partial charge in [0.1, 0.15) is 0 Å². The van der Waals surface area contributed by atoms with E-state index in [4.69, 9.17) is 0 Å². The van der Waals surface area contributed by atoms with Gasteiger partial charge in [0, 0.05) is 16.9 Å². The van der Waals surface area contributed by atoms with Crippen LogP contribution in [0.15, 0.2) is 48.5 Å². The molecule has 2 aromatic carbocycles. The third kappa shape index (κ3) is 4.82. The van der Waals surface area contributed by atoms with Crippen LogP contribution in [0, 0.1) is 0 Å². The molecule has 0 radical (unpaired) electrons. The van der Waals surface area contributed by atoms with Gasteiger partial charge in [-0.2, -0.15) is 13.2 Å². The van der Waals surface area contributed by atoms with Crippen LogP contribution in [0.5, 0.6) is 0 Å². The highest BCUT2D eigenvalue weighted by Gasteiger charge is 2.30. The molecule has 0 aliphatic carbocycles. The molecule has 0 unspecified atom stereocenters. The van der Waals surface area contributed by atoms with E-state index in [1.807, 2.05) is 0 Å². The Kier molecular flexibility index (Phi) is 5.61. The largest absolute Gasteiger partial charge is 0.416 e. The number of alkyl halides is 4. The van der Waals surface area contributed by atoms with E-state index in [0.717, 1.165) is 12.1 Å². The molecule has 0 aromatic heterocycles. The van der Waals surface area contributed by atoms with Crippen molar-refractivity contribution in [3.63, 3.8) is 0 Å². The lowest BCUT2D eigenvalue weighted by Crippen LogP contribution is -2.19. The third-order valence-electron chi connectivity index (χ3n) is 3.03. The van der Waals surface area contributed by atoms with Gasteiger partial charge in [-0.3, -0.25) is 4.79 Å². The molecule has 2 rings (SSSR count). The standard InChI is InChI=1S/C16H12BrF3N2O2/c17-9-14(23)10-4-6-12(7-5-10)21-15(24)22-13-3-1-2-11(8-13)16(18,19)20/h1-8H,9H2,(H2,21,22,24). The highest BCUT2D eigenvalue weighted by atomic mass is 79.9. The number of hydrogen-bond acceptors (Lipinski definition) is 2. The van der Waals surface area contributed by atoms with Gasteiger partial charge in [0.25, 0.3) is 0 Å². The fourth-order valence-electron chi connectivity index (χ4n) is 1.88. The lowest BCUT2D eigenvalue weighted by molar-refractivity contribution is -0.137. The van der Waals surface area contributed by atoms with E-state index in [1.54, 1.807) is 12.1 Å². The van der Waals surface area contributed by atoms with Crippen LogP contribution in [0.3, 0.4) is 0 Å². The normalized spacial score (nSPS) is 11.0. The van der Waals surface area contributed by atoms with Gasteiger partial charge in [-0.05, 0) is 42.5 Å². The molecule has 0 heterocycles. The Bertz CT molecular complexity index is 746. The zero-order valence-corrected chi connectivity index (χ0v) is 13.7. The maximum absolute atomic E-state index is 12.6. The summed E-state index contributed by atoms with van der Waals surface area (Å²) in [4.78, 5) is 23.3. The predicted octanol–water partition coefficient (Wildman–Crippen LogP) is 4.93. The Hall–Kier alpha value is -2.35. The smallest absolute Gasteiger partial charge is 0.308 e. The lowest BCUT2D eigenvalue weighted by Gasteiger charge is -2.11. The minimum Gasteiger partial charge on any atom is -0.308 e. The van der Waals surface area contributed by atoms with Crippen LogP contribution in [0.25, 0.3) is 0 Å². The van der Waals surface area contributed by atoms with Crippen molar-refractivity contribution in [1.29, 1.82) is 0 Å². The fraction of sp³-hybridized carbons (Fsp3) is 0.125. The molecule has 0 atom stereocenters. The molecule has 2 amide bonds. The molecule has 126 valence electrons. The van der Waals surface area contributed by atoms with Crippen molar-refractivity contribution < 1.29 is 22.8 Å². The topological polar surface area (TPSA) is 58.2 Å². The number of halogens is 4. The quantitative estimate of drug-likeness (QED) is 0.564. The van der Waals surface area contributed by atoms with Crippen molar-refractivity contribution in [3.8, 4) is 0 Å². The Morgan fingerprint density at radius 2 is 1.58 bits per heavy atom. The van der Waals surface area contributed by atoms with Gasteiger partial charge in [0.15, 0.2) is 5.78 Å². The van der Waals surface area contributed by atoms with Crippen LogP contribution in [-0.4, -0.2) is 17.1 Å². The lowest BCUT2D eigenvalue weighted by atomic mass is 10.1. The third-order valence-corrected chi connectivity index (χ3v) is 3.54. The predicted molar refractivity (Wildman–Crippen MR) is 88.7 cm³/mol. The van der Waals surface area contributed by atoms with Crippen LogP contribution in [-0.2, 0) is 6.18 Å². The summed E-state index contributed by atoms with van der Waals surface area (Å²) in [6, 6.07) is 9.79. The number of Topliss-reactive ketones (excluding diaryl/α,β-unsaturated/α-hetero) is 1. The minimum absolute atomic E-state index is 0.0217. The second kappa shape index (κ2) is 7.48. The van der Waals surface area contributed by atoms with Gasteiger partial charge in [-0.25, -0.2) is 4.79 Å². The summed E-state index contributed by atoms with van der Waals surface area (Å²) in [6.07, 6.45) is -4.48.